The quantitative estimate of drug-likeness (QED) is 0.701. The molecule has 0 spiro atoms. The molecule has 4 heteroatoms. The van der Waals surface area contributed by atoms with Gasteiger partial charge in [0.05, 0.1) is 12.7 Å². The van der Waals surface area contributed by atoms with Gasteiger partial charge in [-0.05, 0) is 13.0 Å². The molecule has 82 valence electrons. The highest BCUT2D eigenvalue weighted by Crippen LogP contribution is 2.33. The van der Waals surface area contributed by atoms with Gasteiger partial charge in [-0.3, -0.25) is 14.4 Å². The lowest BCUT2D eigenvalue weighted by molar-refractivity contribution is -0.118. The van der Waals surface area contributed by atoms with Crippen LogP contribution in [0.2, 0.25) is 0 Å². The Kier molecular flexibility index (Phi) is 2.34. The van der Waals surface area contributed by atoms with Crippen LogP contribution < -0.4 is 4.74 Å². The van der Waals surface area contributed by atoms with Crippen LogP contribution in [0.4, 0.5) is 0 Å². The molecular weight excluding hydrogens is 208 g/mol. The van der Waals surface area contributed by atoms with E-state index in [0.29, 0.717) is 5.75 Å². The Bertz CT molecular complexity index is 502. The number of methoxy groups -OCH3 is 1. The molecule has 0 saturated carbocycles. The first-order valence-electron chi connectivity index (χ1n) is 4.83. The van der Waals surface area contributed by atoms with E-state index in [1.54, 1.807) is 18.2 Å². The van der Waals surface area contributed by atoms with E-state index in [4.69, 9.17) is 4.74 Å². The SMILES string of the molecule is COc1cccc2c1C(=O)C(C(C)=O)C2=O. The molecule has 0 bridgehead atoms. The first kappa shape index (κ1) is 10.5. The third-order valence-electron chi connectivity index (χ3n) is 2.69. The lowest BCUT2D eigenvalue weighted by Gasteiger charge is -2.04. The highest BCUT2D eigenvalue weighted by Gasteiger charge is 2.43. The highest BCUT2D eigenvalue weighted by atomic mass is 16.5. The summed E-state index contributed by atoms with van der Waals surface area (Å²) in [5.41, 5.74) is 0.514. The number of rotatable bonds is 2. The minimum absolute atomic E-state index is 0.232. The summed E-state index contributed by atoms with van der Waals surface area (Å²) >= 11 is 0. The molecule has 0 amide bonds. The second-order valence-corrected chi connectivity index (χ2v) is 3.65. The first-order chi connectivity index (χ1) is 7.57. The Balaban J connectivity index is 2.64. The minimum atomic E-state index is -1.17. The number of hydrogen-bond donors (Lipinski definition) is 0. The topological polar surface area (TPSA) is 60.4 Å². The van der Waals surface area contributed by atoms with Crippen LogP contribution in [0.25, 0.3) is 0 Å². The largest absolute Gasteiger partial charge is 0.496 e. The molecule has 0 heterocycles. The third-order valence-corrected chi connectivity index (χ3v) is 2.69. The molecule has 1 aromatic rings. The molecule has 1 aromatic carbocycles. The highest BCUT2D eigenvalue weighted by molar-refractivity contribution is 6.36. The average Bonchev–Trinajstić information content (AvgIpc) is 2.51. The molecule has 0 aliphatic heterocycles. The van der Waals surface area contributed by atoms with Gasteiger partial charge in [0, 0.05) is 5.56 Å². The first-order valence-corrected chi connectivity index (χ1v) is 4.83. The van der Waals surface area contributed by atoms with Crippen LogP contribution in [0, 0.1) is 5.92 Å². The summed E-state index contributed by atoms with van der Waals surface area (Å²) in [5.74, 6) is -2.13. The molecule has 2 rings (SSSR count). The van der Waals surface area contributed by atoms with Crippen LogP contribution in [0.3, 0.4) is 0 Å². The van der Waals surface area contributed by atoms with Crippen molar-refractivity contribution < 1.29 is 19.1 Å². The van der Waals surface area contributed by atoms with Crippen molar-refractivity contribution in [3.05, 3.63) is 29.3 Å². The van der Waals surface area contributed by atoms with Gasteiger partial charge in [0.2, 0.25) is 0 Å². The van der Waals surface area contributed by atoms with Gasteiger partial charge in [0.1, 0.15) is 17.5 Å². The summed E-state index contributed by atoms with van der Waals surface area (Å²) in [4.78, 5) is 35.0. The standard InChI is InChI=1S/C12H10O4/c1-6(13)9-11(14)7-4-3-5-8(16-2)10(7)12(9)15/h3-5,9H,1-2H3. The lowest BCUT2D eigenvalue weighted by Crippen LogP contribution is -2.22. The second-order valence-electron chi connectivity index (χ2n) is 3.65. The summed E-state index contributed by atoms with van der Waals surface area (Å²) in [6.45, 7) is 1.25. The summed E-state index contributed by atoms with van der Waals surface area (Å²) in [5, 5.41) is 0. The van der Waals surface area contributed by atoms with Crippen molar-refractivity contribution in [1.29, 1.82) is 0 Å². The maximum absolute atomic E-state index is 11.9. The molecule has 1 unspecified atom stereocenters. The zero-order valence-electron chi connectivity index (χ0n) is 8.94. The number of carbonyl (C=O) groups is 3. The van der Waals surface area contributed by atoms with Gasteiger partial charge >= 0.3 is 0 Å². The van der Waals surface area contributed by atoms with E-state index >= 15 is 0 Å². The van der Waals surface area contributed by atoms with Gasteiger partial charge in [-0.25, -0.2) is 0 Å². The molecule has 0 N–H and O–H groups in total. The summed E-state index contributed by atoms with van der Waals surface area (Å²) in [7, 11) is 1.43. The minimum Gasteiger partial charge on any atom is -0.496 e. The van der Waals surface area contributed by atoms with Crippen LogP contribution in [0.15, 0.2) is 18.2 Å². The van der Waals surface area contributed by atoms with Crippen molar-refractivity contribution in [2.45, 2.75) is 6.92 Å². The Morgan fingerprint density at radius 3 is 2.50 bits per heavy atom. The number of hydrogen-bond acceptors (Lipinski definition) is 4. The van der Waals surface area contributed by atoms with Crippen LogP contribution in [-0.4, -0.2) is 24.5 Å². The van der Waals surface area contributed by atoms with Crippen molar-refractivity contribution in [3.63, 3.8) is 0 Å². The smallest absolute Gasteiger partial charge is 0.185 e. The van der Waals surface area contributed by atoms with Crippen molar-refractivity contribution >= 4 is 17.3 Å². The average molecular weight is 218 g/mol. The molecule has 0 saturated heterocycles. The van der Waals surface area contributed by atoms with E-state index in [2.05, 4.69) is 0 Å². The Labute approximate surface area is 92.2 Å². The van der Waals surface area contributed by atoms with Crippen molar-refractivity contribution in [2.75, 3.05) is 7.11 Å². The number of fused-ring (bicyclic) bond motifs is 1. The summed E-state index contributed by atoms with van der Waals surface area (Å²) < 4.78 is 5.02. The third kappa shape index (κ3) is 1.26. The van der Waals surface area contributed by atoms with Crippen LogP contribution >= 0.6 is 0 Å². The zero-order chi connectivity index (χ0) is 11.9. The van der Waals surface area contributed by atoms with Gasteiger partial charge in [-0.2, -0.15) is 0 Å². The van der Waals surface area contributed by atoms with Crippen LogP contribution in [0.5, 0.6) is 5.75 Å². The fourth-order valence-corrected chi connectivity index (χ4v) is 1.95. The molecule has 0 radical (unpaired) electrons. The molecule has 1 aliphatic rings. The Hall–Kier alpha value is -1.97. The molecular formula is C12H10O4. The fourth-order valence-electron chi connectivity index (χ4n) is 1.95. The lowest BCUT2D eigenvalue weighted by atomic mass is 10.00. The number of ether oxygens (including phenoxy) is 1. The molecule has 0 aromatic heterocycles. The predicted molar refractivity (Wildman–Crippen MR) is 55.8 cm³/mol. The van der Waals surface area contributed by atoms with E-state index < -0.39 is 23.3 Å². The van der Waals surface area contributed by atoms with E-state index in [-0.39, 0.29) is 11.1 Å². The second kappa shape index (κ2) is 3.56. The number of benzene rings is 1. The van der Waals surface area contributed by atoms with Gasteiger partial charge in [0.15, 0.2) is 11.6 Å². The number of ketones is 3. The van der Waals surface area contributed by atoms with E-state index in [1.165, 1.54) is 14.0 Å². The van der Waals surface area contributed by atoms with E-state index in [0.717, 1.165) is 0 Å². The van der Waals surface area contributed by atoms with Gasteiger partial charge < -0.3 is 4.74 Å². The van der Waals surface area contributed by atoms with Crippen molar-refractivity contribution in [2.24, 2.45) is 5.92 Å². The maximum atomic E-state index is 11.9. The molecule has 1 atom stereocenters. The number of Topliss-reactive ketones (excluding diaryl/α,β-unsaturated/α-hetero) is 3. The van der Waals surface area contributed by atoms with Gasteiger partial charge in [0.25, 0.3) is 0 Å². The zero-order valence-corrected chi connectivity index (χ0v) is 8.94. The van der Waals surface area contributed by atoms with E-state index in [9.17, 15) is 14.4 Å². The van der Waals surface area contributed by atoms with Crippen LogP contribution in [0.1, 0.15) is 27.6 Å². The maximum Gasteiger partial charge on any atom is 0.185 e. The Morgan fingerprint density at radius 2 is 1.94 bits per heavy atom. The van der Waals surface area contributed by atoms with Crippen molar-refractivity contribution in [1.82, 2.24) is 0 Å². The Morgan fingerprint density at radius 1 is 1.25 bits per heavy atom. The molecule has 16 heavy (non-hydrogen) atoms. The molecule has 1 aliphatic carbocycles. The van der Waals surface area contributed by atoms with Gasteiger partial charge in [-0.15, -0.1) is 0 Å². The fraction of sp³-hybridized carbons (Fsp3) is 0.250. The summed E-state index contributed by atoms with van der Waals surface area (Å²) in [6.07, 6.45) is 0. The monoisotopic (exact) mass is 218 g/mol. The van der Waals surface area contributed by atoms with E-state index in [1.807, 2.05) is 0 Å². The molecule has 4 nitrogen and oxygen atoms in total. The van der Waals surface area contributed by atoms with Crippen molar-refractivity contribution in [3.8, 4) is 5.75 Å². The van der Waals surface area contributed by atoms with Gasteiger partial charge in [-0.1, -0.05) is 12.1 Å². The molecule has 0 fully saturated rings. The normalized spacial score (nSPS) is 18.5. The summed E-state index contributed by atoms with van der Waals surface area (Å²) in [6, 6.07) is 4.78. The number of carbonyl (C=O) groups excluding carboxylic acids is 3. The predicted octanol–water partition coefficient (Wildman–Crippen LogP) is 1.28. The van der Waals surface area contributed by atoms with Crippen LogP contribution in [-0.2, 0) is 4.79 Å².